The molecule has 2 amide bonds. The van der Waals surface area contributed by atoms with E-state index >= 15 is 0 Å². The van der Waals surface area contributed by atoms with Gasteiger partial charge in [-0.05, 0) is 63.3 Å². The maximum absolute atomic E-state index is 12.8. The summed E-state index contributed by atoms with van der Waals surface area (Å²) < 4.78 is 11.6. The molecule has 6 nitrogen and oxygen atoms in total. The van der Waals surface area contributed by atoms with E-state index in [9.17, 15) is 4.79 Å². The number of rotatable bonds is 11. The fourth-order valence-corrected chi connectivity index (χ4v) is 4.15. The highest BCUT2D eigenvalue weighted by Crippen LogP contribution is 2.24. The molecule has 7 heteroatoms. The fourth-order valence-electron chi connectivity index (χ4n) is 3.95. The second-order valence-corrected chi connectivity index (χ2v) is 8.52. The molecule has 0 radical (unpaired) electrons. The van der Waals surface area contributed by atoms with Gasteiger partial charge in [-0.25, -0.2) is 4.79 Å². The summed E-state index contributed by atoms with van der Waals surface area (Å²) in [7, 11) is 3.76. The molecule has 2 N–H and O–H groups in total. The standard InChI is InChI=1S/C23H38ClN3O3/c1-4-30-22(19-9-7-10-20(24)15-19)11-12-27(3)23(28)26-21(16-25-2)14-18-8-5-6-13-29-17-18/h7,9-10,15,18,21-22,25H,4-6,8,11-14,16-17H2,1-3H3,(H,26,28)/t18-,21?,22?/m1/s1. The number of halogens is 1. The van der Waals surface area contributed by atoms with Gasteiger partial charge in [0.1, 0.15) is 0 Å². The SMILES string of the molecule is CCOC(CCN(C)C(=O)NC(CNC)C[C@H]1CCCCOC1)c1cccc(Cl)c1. The van der Waals surface area contributed by atoms with Crippen molar-refractivity contribution in [2.24, 2.45) is 5.92 Å². The molecule has 1 saturated heterocycles. The van der Waals surface area contributed by atoms with E-state index in [0.29, 0.717) is 30.5 Å². The predicted molar refractivity (Wildman–Crippen MR) is 122 cm³/mol. The van der Waals surface area contributed by atoms with Crippen LogP contribution in [0.4, 0.5) is 4.79 Å². The Morgan fingerprint density at radius 2 is 2.23 bits per heavy atom. The maximum atomic E-state index is 12.8. The number of nitrogens with zero attached hydrogens (tertiary/aromatic N) is 1. The van der Waals surface area contributed by atoms with Gasteiger partial charge in [-0.3, -0.25) is 0 Å². The van der Waals surface area contributed by atoms with Crippen molar-refractivity contribution >= 4 is 17.6 Å². The highest BCUT2D eigenvalue weighted by atomic mass is 35.5. The number of likely N-dealkylation sites (N-methyl/N-ethyl adjacent to an activating group) is 1. The van der Waals surface area contributed by atoms with Crippen LogP contribution >= 0.6 is 11.6 Å². The number of carbonyl (C=O) groups excluding carboxylic acids is 1. The Balaban J connectivity index is 1.87. The quantitative estimate of drug-likeness (QED) is 0.541. The van der Waals surface area contributed by atoms with Crippen LogP contribution in [-0.4, -0.2) is 64.0 Å². The van der Waals surface area contributed by atoms with Gasteiger partial charge in [-0.2, -0.15) is 0 Å². The Kier molecular flexibility index (Phi) is 11.5. The summed E-state index contributed by atoms with van der Waals surface area (Å²) in [5, 5.41) is 7.10. The third-order valence-corrected chi connectivity index (χ3v) is 5.80. The number of benzene rings is 1. The molecule has 1 heterocycles. The third-order valence-electron chi connectivity index (χ3n) is 5.56. The first-order valence-electron chi connectivity index (χ1n) is 11.1. The summed E-state index contributed by atoms with van der Waals surface area (Å²) in [6, 6.07) is 7.77. The van der Waals surface area contributed by atoms with Crippen molar-refractivity contribution in [1.82, 2.24) is 15.5 Å². The van der Waals surface area contributed by atoms with Crippen LogP contribution in [0.5, 0.6) is 0 Å². The zero-order chi connectivity index (χ0) is 21.8. The molecular formula is C23H38ClN3O3. The molecule has 1 aliphatic heterocycles. The van der Waals surface area contributed by atoms with Gasteiger partial charge < -0.3 is 25.0 Å². The van der Waals surface area contributed by atoms with Crippen molar-refractivity contribution in [3.8, 4) is 0 Å². The third kappa shape index (κ3) is 8.80. The Labute approximate surface area is 186 Å². The maximum Gasteiger partial charge on any atom is 0.317 e. The molecule has 1 aromatic carbocycles. The van der Waals surface area contributed by atoms with E-state index in [2.05, 4.69) is 10.6 Å². The van der Waals surface area contributed by atoms with E-state index < -0.39 is 0 Å². The van der Waals surface area contributed by atoms with Crippen molar-refractivity contribution in [2.45, 2.75) is 51.2 Å². The molecule has 0 bridgehead atoms. The van der Waals surface area contributed by atoms with E-state index in [4.69, 9.17) is 21.1 Å². The van der Waals surface area contributed by atoms with Crippen LogP contribution in [-0.2, 0) is 9.47 Å². The van der Waals surface area contributed by atoms with Gasteiger partial charge in [0, 0.05) is 51.0 Å². The first kappa shape index (κ1) is 24.9. The van der Waals surface area contributed by atoms with Crippen molar-refractivity contribution in [2.75, 3.05) is 47.0 Å². The molecule has 3 atom stereocenters. The van der Waals surface area contributed by atoms with Crippen LogP contribution in [0.2, 0.25) is 5.02 Å². The number of carbonyl (C=O) groups is 1. The molecule has 0 spiro atoms. The number of ether oxygens (including phenoxy) is 2. The van der Waals surface area contributed by atoms with Crippen molar-refractivity contribution in [3.05, 3.63) is 34.9 Å². The molecule has 2 unspecified atom stereocenters. The van der Waals surface area contributed by atoms with Crippen LogP contribution in [0.3, 0.4) is 0 Å². The summed E-state index contributed by atoms with van der Waals surface area (Å²) in [4.78, 5) is 14.5. The number of urea groups is 1. The molecular weight excluding hydrogens is 402 g/mol. The minimum atomic E-state index is -0.0832. The number of nitrogens with one attached hydrogen (secondary N) is 2. The molecule has 0 aromatic heterocycles. The fraction of sp³-hybridized carbons (Fsp3) is 0.696. The molecule has 1 aliphatic rings. The largest absolute Gasteiger partial charge is 0.381 e. The van der Waals surface area contributed by atoms with E-state index in [1.165, 1.54) is 12.8 Å². The lowest BCUT2D eigenvalue weighted by Gasteiger charge is -2.27. The van der Waals surface area contributed by atoms with Crippen LogP contribution in [0.25, 0.3) is 0 Å². The molecule has 0 saturated carbocycles. The number of hydrogen-bond donors (Lipinski definition) is 2. The lowest BCUT2D eigenvalue weighted by atomic mass is 9.95. The van der Waals surface area contributed by atoms with Gasteiger partial charge in [-0.1, -0.05) is 30.2 Å². The summed E-state index contributed by atoms with van der Waals surface area (Å²) >= 11 is 6.13. The molecule has 0 aliphatic carbocycles. The summed E-state index contributed by atoms with van der Waals surface area (Å²) in [6.45, 7) is 5.59. The van der Waals surface area contributed by atoms with Crippen LogP contribution < -0.4 is 10.6 Å². The number of amides is 2. The molecule has 170 valence electrons. The van der Waals surface area contributed by atoms with Gasteiger partial charge in [-0.15, -0.1) is 0 Å². The Bertz CT molecular complexity index is 623. The van der Waals surface area contributed by atoms with E-state index in [-0.39, 0.29) is 18.2 Å². The lowest BCUT2D eigenvalue weighted by Crippen LogP contribution is -2.48. The zero-order valence-corrected chi connectivity index (χ0v) is 19.4. The first-order valence-corrected chi connectivity index (χ1v) is 11.5. The summed E-state index contributed by atoms with van der Waals surface area (Å²) in [5.74, 6) is 0.501. The Hall–Kier alpha value is -1.34. The van der Waals surface area contributed by atoms with Crippen molar-refractivity contribution < 1.29 is 14.3 Å². The van der Waals surface area contributed by atoms with Gasteiger partial charge in [0.25, 0.3) is 0 Å². The molecule has 30 heavy (non-hydrogen) atoms. The monoisotopic (exact) mass is 439 g/mol. The normalized spacial score (nSPS) is 19.0. The van der Waals surface area contributed by atoms with Gasteiger partial charge in [0.2, 0.25) is 0 Å². The van der Waals surface area contributed by atoms with E-state index in [1.54, 1.807) is 4.90 Å². The average molecular weight is 440 g/mol. The topological polar surface area (TPSA) is 62.8 Å². The van der Waals surface area contributed by atoms with E-state index in [0.717, 1.165) is 38.2 Å². The zero-order valence-electron chi connectivity index (χ0n) is 18.7. The Morgan fingerprint density at radius 3 is 2.97 bits per heavy atom. The first-order chi connectivity index (χ1) is 14.5. The van der Waals surface area contributed by atoms with Crippen molar-refractivity contribution in [3.63, 3.8) is 0 Å². The lowest BCUT2D eigenvalue weighted by molar-refractivity contribution is 0.0514. The molecule has 1 aromatic rings. The van der Waals surface area contributed by atoms with E-state index in [1.807, 2.05) is 45.3 Å². The van der Waals surface area contributed by atoms with Gasteiger partial charge in [0.05, 0.1) is 6.10 Å². The smallest absolute Gasteiger partial charge is 0.317 e. The second-order valence-electron chi connectivity index (χ2n) is 8.09. The average Bonchev–Trinajstić information content (AvgIpc) is 2.99. The van der Waals surface area contributed by atoms with Crippen LogP contribution in [0.1, 0.15) is 50.7 Å². The van der Waals surface area contributed by atoms with Crippen molar-refractivity contribution in [1.29, 1.82) is 0 Å². The highest BCUT2D eigenvalue weighted by molar-refractivity contribution is 6.30. The summed E-state index contributed by atoms with van der Waals surface area (Å²) in [6.07, 6.45) is 5.07. The van der Waals surface area contributed by atoms with Crippen LogP contribution in [0, 0.1) is 5.92 Å². The van der Waals surface area contributed by atoms with Gasteiger partial charge >= 0.3 is 6.03 Å². The minimum absolute atomic E-state index is 0.0499. The minimum Gasteiger partial charge on any atom is -0.381 e. The van der Waals surface area contributed by atoms with Crippen LogP contribution in [0.15, 0.2) is 24.3 Å². The van der Waals surface area contributed by atoms with Gasteiger partial charge in [0.15, 0.2) is 0 Å². The highest BCUT2D eigenvalue weighted by Gasteiger charge is 2.22. The Morgan fingerprint density at radius 1 is 1.40 bits per heavy atom. The predicted octanol–water partition coefficient (Wildman–Crippen LogP) is 4.24. The summed E-state index contributed by atoms with van der Waals surface area (Å²) in [5.41, 5.74) is 1.04. The molecule has 1 fully saturated rings. The second kappa shape index (κ2) is 13.9. The molecule has 2 rings (SSSR count). The number of hydrogen-bond acceptors (Lipinski definition) is 4.